The number of fused-ring (bicyclic) bond motifs is 2. The minimum Gasteiger partial charge on any atom is -0.492 e. The SMILES string of the molecule is NC(=O)c1cc(=O)n(CCOc2ccc3c(c2)CCC(=O)N3)c2ccccc12. The van der Waals surface area contributed by atoms with Crippen LogP contribution >= 0.6 is 0 Å². The van der Waals surface area contributed by atoms with E-state index in [9.17, 15) is 14.4 Å². The first-order valence-electron chi connectivity index (χ1n) is 9.01. The average Bonchev–Trinajstić information content (AvgIpc) is 2.69. The number of aryl methyl sites for hydroxylation is 1. The number of ether oxygens (including phenoxy) is 1. The van der Waals surface area contributed by atoms with Crippen LogP contribution < -0.4 is 21.3 Å². The minimum absolute atomic E-state index is 0.0202. The van der Waals surface area contributed by atoms with Gasteiger partial charge in [0.15, 0.2) is 0 Å². The van der Waals surface area contributed by atoms with E-state index in [1.807, 2.05) is 18.2 Å². The number of anilines is 1. The van der Waals surface area contributed by atoms with E-state index in [-0.39, 0.29) is 23.6 Å². The van der Waals surface area contributed by atoms with E-state index >= 15 is 0 Å². The predicted octanol–water partition coefficient (Wildman–Crippen LogP) is 2.06. The molecule has 1 aliphatic rings. The Labute approximate surface area is 160 Å². The molecule has 142 valence electrons. The number of benzene rings is 2. The fourth-order valence-corrected chi connectivity index (χ4v) is 3.47. The fraction of sp³-hybridized carbons (Fsp3) is 0.190. The predicted molar refractivity (Wildman–Crippen MR) is 106 cm³/mol. The molecule has 0 saturated carbocycles. The van der Waals surface area contributed by atoms with Gasteiger partial charge in [-0.2, -0.15) is 0 Å². The molecule has 7 nitrogen and oxygen atoms in total. The van der Waals surface area contributed by atoms with Crippen molar-refractivity contribution in [3.8, 4) is 5.75 Å². The van der Waals surface area contributed by atoms with Crippen molar-refractivity contribution < 1.29 is 14.3 Å². The van der Waals surface area contributed by atoms with Gasteiger partial charge in [-0.25, -0.2) is 0 Å². The highest BCUT2D eigenvalue weighted by molar-refractivity contribution is 6.05. The number of nitrogens with two attached hydrogens (primary N) is 1. The van der Waals surface area contributed by atoms with Gasteiger partial charge in [0.05, 0.1) is 17.6 Å². The highest BCUT2D eigenvalue weighted by atomic mass is 16.5. The lowest BCUT2D eigenvalue weighted by Crippen LogP contribution is -2.26. The summed E-state index contributed by atoms with van der Waals surface area (Å²) in [6.07, 6.45) is 1.14. The Morgan fingerprint density at radius 3 is 2.75 bits per heavy atom. The van der Waals surface area contributed by atoms with Crippen molar-refractivity contribution in [1.82, 2.24) is 4.57 Å². The van der Waals surface area contributed by atoms with Crippen LogP contribution in [0.25, 0.3) is 10.9 Å². The Morgan fingerprint density at radius 2 is 1.93 bits per heavy atom. The van der Waals surface area contributed by atoms with Crippen LogP contribution in [0.2, 0.25) is 0 Å². The van der Waals surface area contributed by atoms with Crippen LogP contribution in [-0.2, 0) is 17.8 Å². The Bertz CT molecular complexity index is 1150. The highest BCUT2D eigenvalue weighted by Gasteiger charge is 2.15. The number of amides is 2. The molecule has 3 aromatic rings. The second-order valence-corrected chi connectivity index (χ2v) is 6.64. The summed E-state index contributed by atoms with van der Waals surface area (Å²) in [4.78, 5) is 35.6. The molecule has 3 N–H and O–H groups in total. The zero-order valence-electron chi connectivity index (χ0n) is 15.1. The molecule has 1 aromatic heterocycles. The smallest absolute Gasteiger partial charge is 0.251 e. The van der Waals surface area contributed by atoms with E-state index in [0.717, 1.165) is 11.3 Å². The molecule has 0 unspecified atom stereocenters. The zero-order chi connectivity index (χ0) is 19.7. The van der Waals surface area contributed by atoms with Crippen LogP contribution in [-0.4, -0.2) is 23.0 Å². The molecule has 0 spiro atoms. The van der Waals surface area contributed by atoms with Crippen LogP contribution in [0.5, 0.6) is 5.75 Å². The number of rotatable bonds is 5. The highest BCUT2D eigenvalue weighted by Crippen LogP contribution is 2.26. The van der Waals surface area contributed by atoms with Crippen LogP contribution in [0, 0.1) is 0 Å². The van der Waals surface area contributed by atoms with Crippen molar-refractivity contribution in [1.29, 1.82) is 0 Å². The summed E-state index contributed by atoms with van der Waals surface area (Å²) < 4.78 is 7.39. The minimum atomic E-state index is -0.627. The maximum absolute atomic E-state index is 12.5. The van der Waals surface area contributed by atoms with Crippen LogP contribution in [0.1, 0.15) is 22.3 Å². The monoisotopic (exact) mass is 377 g/mol. The van der Waals surface area contributed by atoms with Crippen molar-refractivity contribution in [3.05, 3.63) is 70.0 Å². The second-order valence-electron chi connectivity index (χ2n) is 6.64. The number of pyridine rings is 1. The van der Waals surface area contributed by atoms with Crippen molar-refractivity contribution in [3.63, 3.8) is 0 Å². The molecular weight excluding hydrogens is 358 g/mol. The maximum Gasteiger partial charge on any atom is 0.251 e. The average molecular weight is 377 g/mol. The Balaban J connectivity index is 1.55. The van der Waals surface area contributed by atoms with Crippen molar-refractivity contribution in [2.75, 3.05) is 11.9 Å². The molecular formula is C21H19N3O4. The van der Waals surface area contributed by atoms with Crippen molar-refractivity contribution in [2.45, 2.75) is 19.4 Å². The number of carbonyl (C=O) groups is 2. The third kappa shape index (κ3) is 3.34. The summed E-state index contributed by atoms with van der Waals surface area (Å²) in [6.45, 7) is 0.608. The Hall–Kier alpha value is -3.61. The molecule has 28 heavy (non-hydrogen) atoms. The van der Waals surface area contributed by atoms with Gasteiger partial charge in [-0.15, -0.1) is 0 Å². The molecule has 2 amide bonds. The molecule has 2 aromatic carbocycles. The van der Waals surface area contributed by atoms with Gasteiger partial charge in [-0.3, -0.25) is 14.4 Å². The summed E-state index contributed by atoms with van der Waals surface area (Å²) in [5.41, 5.74) is 7.80. The zero-order valence-corrected chi connectivity index (χ0v) is 15.1. The molecule has 2 heterocycles. The molecule has 0 radical (unpaired) electrons. The summed E-state index contributed by atoms with van der Waals surface area (Å²) in [5, 5.41) is 3.47. The Morgan fingerprint density at radius 1 is 1.11 bits per heavy atom. The number of para-hydroxylation sites is 1. The van der Waals surface area contributed by atoms with E-state index in [1.165, 1.54) is 6.07 Å². The third-order valence-corrected chi connectivity index (χ3v) is 4.84. The second kappa shape index (κ2) is 7.19. The molecule has 7 heteroatoms. The lowest BCUT2D eigenvalue weighted by Gasteiger charge is -2.18. The van der Waals surface area contributed by atoms with Crippen molar-refractivity contribution in [2.24, 2.45) is 5.73 Å². The first-order chi connectivity index (χ1) is 13.5. The van der Waals surface area contributed by atoms with Gasteiger partial charge in [0.2, 0.25) is 11.8 Å². The van der Waals surface area contributed by atoms with E-state index in [0.29, 0.717) is 36.0 Å². The molecule has 0 fully saturated rings. The number of primary amides is 1. The van der Waals surface area contributed by atoms with Gasteiger partial charge < -0.3 is 20.4 Å². The van der Waals surface area contributed by atoms with Gasteiger partial charge in [0.25, 0.3) is 5.56 Å². The van der Waals surface area contributed by atoms with Gasteiger partial charge in [0.1, 0.15) is 12.4 Å². The third-order valence-electron chi connectivity index (χ3n) is 4.84. The van der Waals surface area contributed by atoms with E-state index in [4.69, 9.17) is 10.5 Å². The molecule has 0 atom stereocenters. The number of nitrogens with one attached hydrogen (secondary N) is 1. The van der Waals surface area contributed by atoms with Crippen LogP contribution in [0.3, 0.4) is 0 Å². The first kappa shape index (κ1) is 17.8. The Kier molecular flexibility index (Phi) is 4.57. The molecule has 0 bridgehead atoms. The van der Waals surface area contributed by atoms with Crippen LogP contribution in [0.4, 0.5) is 5.69 Å². The largest absolute Gasteiger partial charge is 0.492 e. The number of aromatic nitrogens is 1. The lowest BCUT2D eigenvalue weighted by atomic mass is 10.0. The first-order valence-corrected chi connectivity index (χ1v) is 9.01. The molecule has 4 rings (SSSR count). The topological polar surface area (TPSA) is 103 Å². The molecule has 1 aliphatic heterocycles. The normalized spacial score (nSPS) is 13.1. The standard InChI is InChI=1S/C21H19N3O4/c22-21(27)16-12-20(26)24(18-4-2-1-3-15(16)18)9-10-28-14-6-7-17-13(11-14)5-8-19(25)23-17/h1-4,6-7,11-12H,5,8-10H2,(H2,22,27)(H,23,25). The molecule has 0 aliphatic carbocycles. The number of carbonyl (C=O) groups excluding carboxylic acids is 2. The summed E-state index contributed by atoms with van der Waals surface area (Å²) in [7, 11) is 0. The van der Waals surface area contributed by atoms with Gasteiger partial charge >= 0.3 is 0 Å². The maximum atomic E-state index is 12.5. The lowest BCUT2D eigenvalue weighted by molar-refractivity contribution is -0.116. The quantitative estimate of drug-likeness (QED) is 0.710. The van der Waals surface area contributed by atoms with E-state index < -0.39 is 5.91 Å². The van der Waals surface area contributed by atoms with E-state index in [1.54, 1.807) is 28.8 Å². The van der Waals surface area contributed by atoms with Gasteiger partial charge in [0, 0.05) is 23.6 Å². The summed E-state index contributed by atoms with van der Waals surface area (Å²) in [5.74, 6) is 0.0747. The van der Waals surface area contributed by atoms with Gasteiger partial charge in [-0.1, -0.05) is 18.2 Å². The fourth-order valence-electron chi connectivity index (χ4n) is 3.47. The summed E-state index contributed by atoms with van der Waals surface area (Å²) in [6, 6.07) is 14.0. The van der Waals surface area contributed by atoms with Crippen LogP contribution in [0.15, 0.2) is 53.3 Å². The van der Waals surface area contributed by atoms with E-state index in [2.05, 4.69) is 5.32 Å². The number of hydrogen-bond acceptors (Lipinski definition) is 4. The number of hydrogen-bond donors (Lipinski definition) is 2. The van der Waals surface area contributed by atoms with Crippen molar-refractivity contribution >= 4 is 28.4 Å². The van der Waals surface area contributed by atoms with Gasteiger partial charge in [-0.05, 0) is 36.2 Å². The molecule has 0 saturated heterocycles. The summed E-state index contributed by atoms with van der Waals surface area (Å²) >= 11 is 0. The number of nitrogens with zero attached hydrogens (tertiary/aromatic N) is 1.